The molecule has 0 unspecified atom stereocenters. The first-order valence-corrected chi connectivity index (χ1v) is 6.08. The Bertz CT molecular complexity index is 667. The van der Waals surface area contributed by atoms with Crippen molar-refractivity contribution in [2.24, 2.45) is 0 Å². The summed E-state index contributed by atoms with van der Waals surface area (Å²) in [5.41, 5.74) is 2.80. The highest BCUT2D eigenvalue weighted by Gasteiger charge is 2.16. The number of carbonyl (C=O) groups is 1. The molecule has 0 saturated carbocycles. The topological polar surface area (TPSA) is 26.3 Å². The molecule has 0 amide bonds. The number of hydrogen-bond donors (Lipinski definition) is 0. The summed E-state index contributed by atoms with van der Waals surface area (Å²) in [6, 6.07) is 17.6. The Kier molecular flexibility index (Phi) is 2.99. The number of ether oxygens (including phenoxy) is 1. The molecular formula is C17H12O2. The molecule has 0 aliphatic carbocycles. The van der Waals surface area contributed by atoms with Crippen LogP contribution in [0.1, 0.15) is 11.1 Å². The zero-order valence-corrected chi connectivity index (χ0v) is 10.2. The van der Waals surface area contributed by atoms with E-state index in [1.54, 1.807) is 6.08 Å². The van der Waals surface area contributed by atoms with Gasteiger partial charge in [0.25, 0.3) is 0 Å². The van der Waals surface area contributed by atoms with Crippen LogP contribution in [0.5, 0.6) is 5.75 Å². The van der Waals surface area contributed by atoms with Gasteiger partial charge in [0.2, 0.25) is 0 Å². The van der Waals surface area contributed by atoms with Gasteiger partial charge < -0.3 is 4.74 Å². The molecule has 0 radical (unpaired) electrons. The van der Waals surface area contributed by atoms with Crippen LogP contribution in [-0.4, -0.2) is 6.29 Å². The summed E-state index contributed by atoms with van der Waals surface area (Å²) in [7, 11) is 0. The number of rotatable bonds is 2. The minimum atomic E-state index is 0.757. The highest BCUT2D eigenvalue weighted by atomic mass is 16.5. The number of carbonyl (C=O) groups excluding carboxylic acids is 1. The first-order valence-electron chi connectivity index (χ1n) is 6.08. The van der Waals surface area contributed by atoms with E-state index in [0.29, 0.717) is 0 Å². The first-order chi connectivity index (χ1) is 9.38. The zero-order chi connectivity index (χ0) is 13.1. The van der Waals surface area contributed by atoms with E-state index >= 15 is 0 Å². The van der Waals surface area contributed by atoms with Gasteiger partial charge in [0.1, 0.15) is 17.8 Å². The van der Waals surface area contributed by atoms with Gasteiger partial charge in [0, 0.05) is 11.1 Å². The average Bonchev–Trinajstić information content (AvgIpc) is 2.48. The lowest BCUT2D eigenvalue weighted by molar-refractivity contribution is -0.104. The predicted molar refractivity (Wildman–Crippen MR) is 75.5 cm³/mol. The highest BCUT2D eigenvalue weighted by Crippen LogP contribution is 2.36. The van der Waals surface area contributed by atoms with E-state index in [1.165, 1.54) is 0 Å². The zero-order valence-electron chi connectivity index (χ0n) is 10.2. The molecule has 0 saturated heterocycles. The fraction of sp³-hybridized carbons (Fsp3) is 0. The Hall–Kier alpha value is -2.61. The molecule has 2 aromatic carbocycles. The SMILES string of the molecule is O=CC=C1C=C(c2ccccc2)Oc2ccccc21. The molecule has 1 heterocycles. The second kappa shape index (κ2) is 4.94. The van der Waals surface area contributed by atoms with Crippen LogP contribution in [0.2, 0.25) is 0 Å². The van der Waals surface area contributed by atoms with Crippen LogP contribution in [0.4, 0.5) is 0 Å². The molecule has 0 N–H and O–H groups in total. The van der Waals surface area contributed by atoms with E-state index in [2.05, 4.69) is 0 Å². The summed E-state index contributed by atoms with van der Waals surface area (Å²) in [6.07, 6.45) is 4.26. The minimum Gasteiger partial charge on any atom is -0.456 e. The van der Waals surface area contributed by atoms with Crippen LogP contribution >= 0.6 is 0 Å². The van der Waals surface area contributed by atoms with Gasteiger partial charge >= 0.3 is 0 Å². The Morgan fingerprint density at radius 1 is 0.895 bits per heavy atom. The average molecular weight is 248 g/mol. The molecule has 0 aromatic heterocycles. The summed E-state index contributed by atoms with van der Waals surface area (Å²) in [4.78, 5) is 10.8. The normalized spacial score (nSPS) is 15.4. The third-order valence-electron chi connectivity index (χ3n) is 3.01. The lowest BCUT2D eigenvalue weighted by Crippen LogP contribution is -2.03. The molecule has 2 nitrogen and oxygen atoms in total. The molecular weight excluding hydrogens is 236 g/mol. The van der Waals surface area contributed by atoms with Gasteiger partial charge in [-0.3, -0.25) is 4.79 Å². The van der Waals surface area contributed by atoms with Crippen molar-refractivity contribution in [2.75, 3.05) is 0 Å². The van der Waals surface area contributed by atoms with Gasteiger partial charge in [-0.05, 0) is 23.8 Å². The van der Waals surface area contributed by atoms with Gasteiger partial charge in [-0.2, -0.15) is 0 Å². The molecule has 19 heavy (non-hydrogen) atoms. The summed E-state index contributed by atoms with van der Waals surface area (Å²) in [5, 5.41) is 0. The number of fused-ring (bicyclic) bond motifs is 1. The van der Waals surface area contributed by atoms with Crippen molar-refractivity contribution >= 4 is 17.6 Å². The third kappa shape index (κ3) is 2.20. The maximum atomic E-state index is 10.8. The summed E-state index contributed by atoms with van der Waals surface area (Å²) < 4.78 is 5.90. The maximum absolute atomic E-state index is 10.8. The lowest BCUT2D eigenvalue weighted by Gasteiger charge is -2.20. The molecule has 0 atom stereocenters. The molecule has 0 spiro atoms. The Morgan fingerprint density at radius 3 is 2.42 bits per heavy atom. The molecule has 0 bridgehead atoms. The molecule has 0 fully saturated rings. The van der Waals surface area contributed by atoms with Crippen LogP contribution in [0, 0.1) is 0 Å². The van der Waals surface area contributed by atoms with Crippen molar-refractivity contribution < 1.29 is 9.53 Å². The van der Waals surface area contributed by atoms with Crippen molar-refractivity contribution in [3.63, 3.8) is 0 Å². The molecule has 92 valence electrons. The Labute approximate surface area is 111 Å². The second-order valence-corrected chi connectivity index (χ2v) is 4.23. The van der Waals surface area contributed by atoms with Gasteiger partial charge in [-0.25, -0.2) is 0 Å². The Morgan fingerprint density at radius 2 is 1.63 bits per heavy atom. The summed E-state index contributed by atoms with van der Waals surface area (Å²) in [5.74, 6) is 1.53. The van der Waals surface area contributed by atoms with Gasteiger partial charge in [-0.1, -0.05) is 48.5 Å². The fourth-order valence-corrected chi connectivity index (χ4v) is 2.12. The van der Waals surface area contributed by atoms with E-state index in [0.717, 1.165) is 34.5 Å². The van der Waals surface area contributed by atoms with Crippen LogP contribution in [-0.2, 0) is 4.79 Å². The quantitative estimate of drug-likeness (QED) is 0.598. The largest absolute Gasteiger partial charge is 0.456 e. The highest BCUT2D eigenvalue weighted by molar-refractivity contribution is 5.94. The Balaban J connectivity index is 2.11. The van der Waals surface area contributed by atoms with Crippen molar-refractivity contribution in [1.82, 2.24) is 0 Å². The van der Waals surface area contributed by atoms with Gasteiger partial charge in [0.05, 0.1) is 0 Å². The lowest BCUT2D eigenvalue weighted by atomic mass is 9.99. The molecule has 1 aliphatic rings. The first kappa shape index (κ1) is 11.5. The number of allylic oxidation sites excluding steroid dienone is 3. The number of para-hydroxylation sites is 1. The van der Waals surface area contributed by atoms with Gasteiger partial charge in [0.15, 0.2) is 0 Å². The van der Waals surface area contributed by atoms with E-state index in [1.807, 2.05) is 60.7 Å². The van der Waals surface area contributed by atoms with E-state index in [-0.39, 0.29) is 0 Å². The second-order valence-electron chi connectivity index (χ2n) is 4.23. The van der Waals surface area contributed by atoms with Crippen LogP contribution in [0.3, 0.4) is 0 Å². The predicted octanol–water partition coefficient (Wildman–Crippen LogP) is 3.70. The van der Waals surface area contributed by atoms with E-state index in [4.69, 9.17) is 4.74 Å². The maximum Gasteiger partial charge on any atom is 0.143 e. The number of aldehydes is 1. The van der Waals surface area contributed by atoms with Crippen molar-refractivity contribution in [3.8, 4) is 5.75 Å². The van der Waals surface area contributed by atoms with Crippen LogP contribution in [0.15, 0.2) is 66.7 Å². The fourth-order valence-electron chi connectivity index (χ4n) is 2.12. The van der Waals surface area contributed by atoms with Gasteiger partial charge in [-0.15, -0.1) is 0 Å². The van der Waals surface area contributed by atoms with E-state index < -0.39 is 0 Å². The van der Waals surface area contributed by atoms with Crippen molar-refractivity contribution in [2.45, 2.75) is 0 Å². The standard InChI is InChI=1S/C17H12O2/c18-11-10-14-12-17(13-6-2-1-3-7-13)19-16-9-5-4-8-15(14)16/h1-12H. The summed E-state index contributed by atoms with van der Waals surface area (Å²) >= 11 is 0. The number of benzene rings is 2. The van der Waals surface area contributed by atoms with E-state index in [9.17, 15) is 4.79 Å². The molecule has 2 heteroatoms. The van der Waals surface area contributed by atoms with Crippen molar-refractivity contribution in [1.29, 1.82) is 0 Å². The third-order valence-corrected chi connectivity index (χ3v) is 3.01. The monoisotopic (exact) mass is 248 g/mol. The summed E-state index contributed by atoms with van der Waals surface area (Å²) in [6.45, 7) is 0. The smallest absolute Gasteiger partial charge is 0.143 e. The molecule has 3 rings (SSSR count). The minimum absolute atomic E-state index is 0.757. The van der Waals surface area contributed by atoms with Crippen molar-refractivity contribution in [3.05, 3.63) is 77.9 Å². The van der Waals surface area contributed by atoms with Crippen LogP contribution < -0.4 is 4.74 Å². The molecule has 2 aromatic rings. The number of hydrogen-bond acceptors (Lipinski definition) is 2. The van der Waals surface area contributed by atoms with Crippen LogP contribution in [0.25, 0.3) is 11.3 Å². The molecule has 1 aliphatic heterocycles.